The normalized spacial score (nSPS) is 14.2. The van der Waals surface area contributed by atoms with Crippen LogP contribution in [0.15, 0.2) is 47.1 Å². The molecule has 8 heteroatoms. The van der Waals surface area contributed by atoms with Crippen LogP contribution in [0.5, 0.6) is 0 Å². The van der Waals surface area contributed by atoms with Gasteiger partial charge in [-0.05, 0) is 36.4 Å². The molecule has 0 atom stereocenters. The van der Waals surface area contributed by atoms with Gasteiger partial charge in [0, 0.05) is 22.6 Å². The van der Waals surface area contributed by atoms with Crippen molar-refractivity contribution in [2.24, 2.45) is 0 Å². The van der Waals surface area contributed by atoms with Crippen molar-refractivity contribution in [3.05, 3.63) is 58.4 Å². The Hall–Kier alpha value is -2.35. The van der Waals surface area contributed by atoms with Crippen molar-refractivity contribution >= 4 is 43.9 Å². The van der Waals surface area contributed by atoms with E-state index in [1.807, 2.05) is 30.1 Å². The maximum absolute atomic E-state index is 13.7. The number of nitrogens with zero attached hydrogens (tertiary/aromatic N) is 3. The molecule has 0 N–H and O–H groups in total. The Morgan fingerprint density at radius 1 is 1.12 bits per heavy atom. The van der Waals surface area contributed by atoms with E-state index in [1.165, 1.54) is 6.07 Å². The van der Waals surface area contributed by atoms with Crippen molar-refractivity contribution in [1.82, 2.24) is 4.98 Å². The first-order valence-electron chi connectivity index (χ1n) is 7.69. The van der Waals surface area contributed by atoms with E-state index in [-0.39, 0.29) is 5.69 Å². The fourth-order valence-electron chi connectivity index (χ4n) is 3.17. The second-order valence-electron chi connectivity index (χ2n) is 6.08. The predicted molar refractivity (Wildman–Crippen MR) is 96.3 cm³/mol. The standard InChI is InChI=1S/C18H12BrF4N3/c1-25-9-26(11-3-4-14(20)13(7-11)18(21,22)23)17-12-6-10(19)2-5-15(12)24-8-16(17)25/h2-8H,9H2,1H3. The minimum atomic E-state index is -4.75. The minimum absolute atomic E-state index is 0.275. The average molecular weight is 426 g/mol. The fraction of sp³-hybridized carbons (Fsp3) is 0.167. The van der Waals surface area contributed by atoms with Crippen LogP contribution in [0, 0.1) is 5.82 Å². The molecule has 1 aliphatic heterocycles. The fourth-order valence-corrected chi connectivity index (χ4v) is 3.53. The third-order valence-corrected chi connectivity index (χ3v) is 4.88. The number of anilines is 3. The van der Waals surface area contributed by atoms with E-state index < -0.39 is 17.6 Å². The lowest BCUT2D eigenvalue weighted by molar-refractivity contribution is -0.139. The van der Waals surface area contributed by atoms with Gasteiger partial charge in [-0.2, -0.15) is 13.2 Å². The number of hydrogen-bond donors (Lipinski definition) is 0. The Morgan fingerprint density at radius 2 is 1.88 bits per heavy atom. The molecule has 2 aromatic carbocycles. The van der Waals surface area contributed by atoms with E-state index in [4.69, 9.17) is 0 Å². The molecule has 0 spiro atoms. The lowest BCUT2D eigenvalue weighted by Crippen LogP contribution is -2.24. The molecule has 0 radical (unpaired) electrons. The SMILES string of the molecule is CN1CN(c2ccc(F)c(C(F)(F)F)c2)c2c1cnc1ccc(Br)cc21. The summed E-state index contributed by atoms with van der Waals surface area (Å²) in [5, 5.41) is 0.805. The first-order valence-corrected chi connectivity index (χ1v) is 8.48. The molecular formula is C18H12BrF4N3. The highest BCUT2D eigenvalue weighted by Crippen LogP contribution is 2.45. The lowest BCUT2D eigenvalue weighted by Gasteiger charge is -2.22. The Bertz CT molecular complexity index is 1020. The summed E-state index contributed by atoms with van der Waals surface area (Å²) < 4.78 is 53.8. The van der Waals surface area contributed by atoms with Crippen molar-refractivity contribution in [3.8, 4) is 0 Å². The maximum Gasteiger partial charge on any atom is 0.419 e. The van der Waals surface area contributed by atoms with E-state index in [0.29, 0.717) is 6.67 Å². The van der Waals surface area contributed by atoms with Gasteiger partial charge in [0.1, 0.15) is 5.82 Å². The van der Waals surface area contributed by atoms with Gasteiger partial charge in [-0.3, -0.25) is 4.98 Å². The number of rotatable bonds is 1. The molecule has 2 heterocycles. The molecular weight excluding hydrogens is 414 g/mol. The zero-order valence-corrected chi connectivity index (χ0v) is 15.1. The number of aromatic nitrogens is 1. The van der Waals surface area contributed by atoms with Crippen molar-refractivity contribution in [3.63, 3.8) is 0 Å². The first kappa shape index (κ1) is 17.1. The highest BCUT2D eigenvalue weighted by Gasteiger charge is 2.36. The summed E-state index contributed by atoms with van der Waals surface area (Å²) in [5.41, 5.74) is 1.28. The molecule has 0 bridgehead atoms. The zero-order chi connectivity index (χ0) is 18.6. The summed E-state index contributed by atoms with van der Waals surface area (Å²) in [6, 6.07) is 8.63. The van der Waals surface area contributed by atoms with E-state index >= 15 is 0 Å². The number of fused-ring (bicyclic) bond motifs is 3. The maximum atomic E-state index is 13.7. The van der Waals surface area contributed by atoms with Gasteiger partial charge >= 0.3 is 6.18 Å². The Labute approximate surface area is 155 Å². The monoisotopic (exact) mass is 425 g/mol. The third kappa shape index (κ3) is 2.68. The van der Waals surface area contributed by atoms with E-state index in [2.05, 4.69) is 20.9 Å². The van der Waals surface area contributed by atoms with Crippen LogP contribution >= 0.6 is 15.9 Å². The van der Waals surface area contributed by atoms with Gasteiger partial charge < -0.3 is 9.80 Å². The largest absolute Gasteiger partial charge is 0.419 e. The highest BCUT2D eigenvalue weighted by atomic mass is 79.9. The quantitative estimate of drug-likeness (QED) is 0.466. The number of halogens is 5. The van der Waals surface area contributed by atoms with Crippen molar-refractivity contribution in [2.45, 2.75) is 6.18 Å². The Kier molecular flexibility index (Phi) is 3.83. The van der Waals surface area contributed by atoms with Crippen molar-refractivity contribution < 1.29 is 17.6 Å². The van der Waals surface area contributed by atoms with Crippen LogP contribution in [0.4, 0.5) is 34.6 Å². The average Bonchev–Trinajstić information content (AvgIpc) is 2.91. The second kappa shape index (κ2) is 5.84. The predicted octanol–water partition coefficient (Wildman–Crippen LogP) is 5.70. The molecule has 0 saturated heterocycles. The summed E-state index contributed by atoms with van der Waals surface area (Å²) in [5.74, 6) is -1.28. The zero-order valence-electron chi connectivity index (χ0n) is 13.5. The summed E-state index contributed by atoms with van der Waals surface area (Å²) in [7, 11) is 1.83. The minimum Gasteiger partial charge on any atom is -0.354 e. The molecule has 134 valence electrons. The van der Waals surface area contributed by atoms with E-state index in [9.17, 15) is 17.6 Å². The summed E-state index contributed by atoms with van der Waals surface area (Å²) >= 11 is 3.42. The van der Waals surface area contributed by atoms with Crippen molar-refractivity contribution in [1.29, 1.82) is 0 Å². The summed E-state index contributed by atoms with van der Waals surface area (Å²) in [6.45, 7) is 0.339. The van der Waals surface area contributed by atoms with E-state index in [0.717, 1.165) is 38.9 Å². The van der Waals surface area contributed by atoms with Gasteiger partial charge in [0.25, 0.3) is 0 Å². The van der Waals surface area contributed by atoms with Gasteiger partial charge in [-0.25, -0.2) is 4.39 Å². The molecule has 0 unspecified atom stereocenters. The van der Waals surface area contributed by atoms with Gasteiger partial charge in [0.2, 0.25) is 0 Å². The van der Waals surface area contributed by atoms with Gasteiger partial charge in [-0.1, -0.05) is 15.9 Å². The Balaban J connectivity index is 1.93. The molecule has 0 amide bonds. The van der Waals surface area contributed by atoms with Crippen LogP contribution in [0.1, 0.15) is 5.56 Å². The number of benzene rings is 2. The van der Waals surface area contributed by atoms with Crippen molar-refractivity contribution in [2.75, 3.05) is 23.5 Å². The van der Waals surface area contributed by atoms with Gasteiger partial charge in [0.15, 0.2) is 0 Å². The van der Waals surface area contributed by atoms with Crippen LogP contribution in [0.2, 0.25) is 0 Å². The second-order valence-corrected chi connectivity index (χ2v) is 7.00. The van der Waals surface area contributed by atoms with Crippen LogP contribution in [0.25, 0.3) is 10.9 Å². The van der Waals surface area contributed by atoms with Crippen LogP contribution in [0.3, 0.4) is 0 Å². The molecule has 0 saturated carbocycles. The number of pyridine rings is 1. The Morgan fingerprint density at radius 3 is 2.62 bits per heavy atom. The summed E-state index contributed by atoms with van der Waals surface area (Å²) in [4.78, 5) is 8.04. The number of alkyl halides is 3. The molecule has 1 aromatic heterocycles. The lowest BCUT2D eigenvalue weighted by atomic mass is 10.1. The molecule has 1 aliphatic rings. The molecule has 0 aliphatic carbocycles. The number of hydrogen-bond acceptors (Lipinski definition) is 3. The third-order valence-electron chi connectivity index (χ3n) is 4.38. The topological polar surface area (TPSA) is 19.4 Å². The van der Waals surface area contributed by atoms with E-state index in [1.54, 1.807) is 11.1 Å². The molecule has 4 rings (SSSR count). The first-order chi connectivity index (χ1) is 12.3. The van der Waals surface area contributed by atoms with Crippen LogP contribution < -0.4 is 9.80 Å². The van der Waals surface area contributed by atoms with Gasteiger partial charge in [0.05, 0.1) is 35.3 Å². The molecule has 26 heavy (non-hydrogen) atoms. The molecule has 0 fully saturated rings. The van der Waals surface area contributed by atoms with Crippen LogP contribution in [-0.4, -0.2) is 18.7 Å². The smallest absolute Gasteiger partial charge is 0.354 e. The van der Waals surface area contributed by atoms with Crippen LogP contribution in [-0.2, 0) is 6.18 Å². The molecule has 3 aromatic rings. The molecule has 3 nitrogen and oxygen atoms in total. The van der Waals surface area contributed by atoms with Gasteiger partial charge in [-0.15, -0.1) is 0 Å². The summed E-state index contributed by atoms with van der Waals surface area (Å²) in [6.07, 6.45) is -3.06. The highest BCUT2D eigenvalue weighted by molar-refractivity contribution is 9.10.